The highest BCUT2D eigenvalue weighted by atomic mass is 19.1. The second-order valence-electron chi connectivity index (χ2n) is 3.49. The number of hydrogen-bond acceptors (Lipinski definition) is 3. The Kier molecular flexibility index (Phi) is 3.53. The van der Waals surface area contributed by atoms with Gasteiger partial charge < -0.3 is 14.8 Å². The molecular weight excluding hydrogens is 197 g/mol. The second kappa shape index (κ2) is 5.09. The first-order chi connectivity index (χ1) is 7.34. The molecule has 1 aromatic carbocycles. The Hall–Kier alpha value is -1.13. The van der Waals surface area contributed by atoms with Crippen molar-refractivity contribution in [2.24, 2.45) is 0 Å². The van der Waals surface area contributed by atoms with Crippen LogP contribution in [0.15, 0.2) is 24.3 Å². The van der Waals surface area contributed by atoms with E-state index in [1.54, 1.807) is 12.1 Å². The van der Waals surface area contributed by atoms with E-state index in [4.69, 9.17) is 9.47 Å². The molecule has 1 N–H and O–H groups in total. The van der Waals surface area contributed by atoms with Crippen LogP contribution in [0.2, 0.25) is 0 Å². The third-order valence-corrected chi connectivity index (χ3v) is 2.35. The van der Waals surface area contributed by atoms with Crippen molar-refractivity contribution in [1.29, 1.82) is 0 Å². The second-order valence-corrected chi connectivity index (χ2v) is 3.49. The van der Waals surface area contributed by atoms with E-state index in [1.165, 1.54) is 12.1 Å². The number of benzene rings is 1. The van der Waals surface area contributed by atoms with Gasteiger partial charge in [-0.1, -0.05) is 0 Å². The summed E-state index contributed by atoms with van der Waals surface area (Å²) >= 11 is 0. The summed E-state index contributed by atoms with van der Waals surface area (Å²) < 4.78 is 23.0. The molecule has 1 aliphatic rings. The minimum absolute atomic E-state index is 0.184. The van der Waals surface area contributed by atoms with Crippen LogP contribution in [-0.2, 0) is 9.47 Å². The number of ether oxygens (including phenoxy) is 2. The molecule has 1 saturated heterocycles. The van der Waals surface area contributed by atoms with Crippen LogP contribution in [-0.4, -0.2) is 26.0 Å². The van der Waals surface area contributed by atoms with Gasteiger partial charge in [0, 0.05) is 12.2 Å². The summed E-state index contributed by atoms with van der Waals surface area (Å²) in [6, 6.07) is 6.31. The van der Waals surface area contributed by atoms with Crippen LogP contribution in [0, 0.1) is 5.82 Å². The maximum atomic E-state index is 12.6. The fourth-order valence-electron chi connectivity index (χ4n) is 1.46. The van der Waals surface area contributed by atoms with Crippen molar-refractivity contribution in [1.82, 2.24) is 0 Å². The van der Waals surface area contributed by atoms with Gasteiger partial charge in [0.2, 0.25) is 0 Å². The Bertz CT molecular complexity index is 296. The summed E-state index contributed by atoms with van der Waals surface area (Å²) in [7, 11) is 0. The molecule has 0 spiro atoms. The molecule has 0 bridgehead atoms. The van der Waals surface area contributed by atoms with Crippen molar-refractivity contribution in [2.75, 3.05) is 25.3 Å². The van der Waals surface area contributed by atoms with Crippen molar-refractivity contribution < 1.29 is 13.9 Å². The molecule has 0 aliphatic carbocycles. The molecule has 2 rings (SSSR count). The van der Waals surface area contributed by atoms with Gasteiger partial charge in [-0.05, 0) is 30.7 Å². The van der Waals surface area contributed by atoms with Crippen molar-refractivity contribution in [3.05, 3.63) is 30.1 Å². The fourth-order valence-corrected chi connectivity index (χ4v) is 1.46. The quantitative estimate of drug-likeness (QED) is 0.829. The van der Waals surface area contributed by atoms with Crippen molar-refractivity contribution >= 4 is 5.69 Å². The zero-order valence-corrected chi connectivity index (χ0v) is 8.41. The molecule has 3 nitrogen and oxygen atoms in total. The molecule has 1 heterocycles. The molecule has 1 unspecified atom stereocenters. The van der Waals surface area contributed by atoms with Gasteiger partial charge in [-0.15, -0.1) is 0 Å². The lowest BCUT2D eigenvalue weighted by Crippen LogP contribution is -2.30. The molecule has 1 atom stereocenters. The lowest BCUT2D eigenvalue weighted by Gasteiger charge is -2.23. The Morgan fingerprint density at radius 2 is 2.13 bits per heavy atom. The minimum Gasteiger partial charge on any atom is -0.382 e. The molecule has 0 aromatic heterocycles. The molecule has 0 amide bonds. The average Bonchev–Trinajstić information content (AvgIpc) is 2.30. The summed E-state index contributed by atoms with van der Waals surface area (Å²) in [6.07, 6.45) is 1.08. The predicted octanol–water partition coefficient (Wildman–Crippen LogP) is 2.00. The van der Waals surface area contributed by atoms with Gasteiger partial charge >= 0.3 is 0 Å². The van der Waals surface area contributed by atoms with E-state index < -0.39 is 0 Å². The minimum atomic E-state index is -0.220. The zero-order chi connectivity index (χ0) is 10.5. The van der Waals surface area contributed by atoms with Gasteiger partial charge in [0.05, 0.1) is 12.7 Å². The normalized spacial score (nSPS) is 21.3. The smallest absolute Gasteiger partial charge is 0.147 e. The van der Waals surface area contributed by atoms with E-state index in [2.05, 4.69) is 5.32 Å². The van der Waals surface area contributed by atoms with Crippen molar-refractivity contribution in [2.45, 2.75) is 12.5 Å². The van der Waals surface area contributed by atoms with Gasteiger partial charge in [-0.2, -0.15) is 0 Å². The van der Waals surface area contributed by atoms with E-state index in [9.17, 15) is 4.39 Å². The molecule has 4 heteroatoms. The van der Waals surface area contributed by atoms with Crippen molar-refractivity contribution in [3.8, 4) is 0 Å². The van der Waals surface area contributed by atoms with Crippen LogP contribution in [0.5, 0.6) is 0 Å². The van der Waals surface area contributed by atoms with E-state index in [0.717, 1.165) is 25.3 Å². The van der Waals surface area contributed by atoms with Crippen LogP contribution in [0.25, 0.3) is 0 Å². The number of hydrogen-bond donors (Lipinski definition) is 1. The summed E-state index contributed by atoms with van der Waals surface area (Å²) in [5.74, 6) is -0.220. The topological polar surface area (TPSA) is 30.5 Å². The molecular formula is C11H14FNO2. The van der Waals surface area contributed by atoms with Crippen LogP contribution in [0.1, 0.15) is 6.42 Å². The highest BCUT2D eigenvalue weighted by molar-refractivity contribution is 5.42. The molecule has 0 radical (unpaired) electrons. The van der Waals surface area contributed by atoms with Crippen LogP contribution in [0.3, 0.4) is 0 Å². The highest BCUT2D eigenvalue weighted by Gasteiger charge is 2.13. The van der Waals surface area contributed by atoms with Gasteiger partial charge in [0.1, 0.15) is 12.6 Å². The molecule has 0 saturated carbocycles. The Morgan fingerprint density at radius 3 is 2.80 bits per heavy atom. The average molecular weight is 211 g/mol. The van der Waals surface area contributed by atoms with E-state index in [0.29, 0.717) is 6.79 Å². The largest absolute Gasteiger partial charge is 0.382 e. The summed E-state index contributed by atoms with van der Waals surface area (Å²) in [6.45, 7) is 1.85. The Labute approximate surface area is 88.2 Å². The SMILES string of the molecule is Fc1ccc(NCC2CCOCO2)cc1. The van der Waals surface area contributed by atoms with Crippen molar-refractivity contribution in [3.63, 3.8) is 0 Å². The highest BCUT2D eigenvalue weighted by Crippen LogP contribution is 2.11. The maximum Gasteiger partial charge on any atom is 0.147 e. The molecule has 1 fully saturated rings. The zero-order valence-electron chi connectivity index (χ0n) is 8.41. The molecule has 15 heavy (non-hydrogen) atoms. The molecule has 1 aromatic rings. The summed E-state index contributed by atoms with van der Waals surface area (Å²) in [5.41, 5.74) is 0.909. The summed E-state index contributed by atoms with van der Waals surface area (Å²) in [5, 5.41) is 3.19. The lowest BCUT2D eigenvalue weighted by molar-refractivity contribution is -0.133. The van der Waals surface area contributed by atoms with E-state index in [1.807, 2.05) is 0 Å². The van der Waals surface area contributed by atoms with E-state index >= 15 is 0 Å². The Balaban J connectivity index is 1.79. The van der Waals surface area contributed by atoms with E-state index in [-0.39, 0.29) is 11.9 Å². The third kappa shape index (κ3) is 3.18. The van der Waals surface area contributed by atoms with Gasteiger partial charge in [-0.3, -0.25) is 0 Å². The number of anilines is 1. The lowest BCUT2D eigenvalue weighted by atomic mass is 10.2. The van der Waals surface area contributed by atoms with Crippen LogP contribution in [0.4, 0.5) is 10.1 Å². The Morgan fingerprint density at radius 1 is 1.33 bits per heavy atom. The summed E-state index contributed by atoms with van der Waals surface area (Å²) in [4.78, 5) is 0. The predicted molar refractivity (Wildman–Crippen MR) is 55.2 cm³/mol. The van der Waals surface area contributed by atoms with Gasteiger partial charge in [0.15, 0.2) is 0 Å². The maximum absolute atomic E-state index is 12.6. The first-order valence-electron chi connectivity index (χ1n) is 5.03. The van der Waals surface area contributed by atoms with Gasteiger partial charge in [-0.25, -0.2) is 4.39 Å². The molecule has 1 aliphatic heterocycles. The first kappa shape index (κ1) is 10.4. The number of halogens is 1. The fraction of sp³-hybridized carbons (Fsp3) is 0.455. The first-order valence-corrected chi connectivity index (χ1v) is 5.03. The number of nitrogens with one attached hydrogen (secondary N) is 1. The van der Waals surface area contributed by atoms with Gasteiger partial charge in [0.25, 0.3) is 0 Å². The molecule has 82 valence electrons. The number of rotatable bonds is 3. The van der Waals surface area contributed by atoms with Crippen LogP contribution < -0.4 is 5.32 Å². The standard InChI is InChI=1S/C11H14FNO2/c12-9-1-3-10(4-2-9)13-7-11-5-6-14-8-15-11/h1-4,11,13H,5-8H2. The van der Waals surface area contributed by atoms with Crippen LogP contribution >= 0.6 is 0 Å². The monoisotopic (exact) mass is 211 g/mol. The third-order valence-electron chi connectivity index (χ3n) is 2.35.